The topological polar surface area (TPSA) is 29.1 Å². The number of carbonyl (C=O) groups excluding carboxylic acids is 1. The number of aryl methyl sites for hydroxylation is 1. The Balaban J connectivity index is 2.23. The van der Waals surface area contributed by atoms with E-state index in [-0.39, 0.29) is 11.6 Å². The van der Waals surface area contributed by atoms with Crippen molar-refractivity contribution in [3.05, 3.63) is 35.1 Å². The van der Waals surface area contributed by atoms with Crippen molar-refractivity contribution in [1.29, 1.82) is 0 Å². The summed E-state index contributed by atoms with van der Waals surface area (Å²) in [6.07, 6.45) is 2.16. The van der Waals surface area contributed by atoms with Crippen LogP contribution in [0.25, 0.3) is 0 Å². The lowest BCUT2D eigenvalue weighted by Gasteiger charge is -2.36. The molecule has 0 aliphatic carbocycles. The largest absolute Gasteiger partial charge is 0.316 e. The van der Waals surface area contributed by atoms with Crippen LogP contribution in [0.3, 0.4) is 0 Å². The summed E-state index contributed by atoms with van der Waals surface area (Å²) in [5.74, 6) is 0.0571. The van der Waals surface area contributed by atoms with Gasteiger partial charge in [-0.05, 0) is 50.4 Å². The van der Waals surface area contributed by atoms with Crippen LogP contribution in [-0.2, 0) is 0 Å². The second-order valence-electron chi connectivity index (χ2n) is 6.06. The van der Waals surface area contributed by atoms with Crippen molar-refractivity contribution in [3.8, 4) is 0 Å². The highest BCUT2D eigenvalue weighted by Gasteiger charge is 2.37. The summed E-state index contributed by atoms with van der Waals surface area (Å²) in [5, 5.41) is 3.34. The Hall–Kier alpha value is -1.22. The fraction of sp³-hybridized carbons (Fsp3) is 0.562. The number of carbonyl (C=O) groups is 1. The molecule has 19 heavy (non-hydrogen) atoms. The maximum absolute atomic E-state index is 13.6. The number of halogens is 1. The summed E-state index contributed by atoms with van der Waals surface area (Å²) in [6, 6.07) is 4.78. The van der Waals surface area contributed by atoms with E-state index in [4.69, 9.17) is 0 Å². The third-order valence-corrected chi connectivity index (χ3v) is 4.34. The average molecular weight is 263 g/mol. The van der Waals surface area contributed by atoms with Crippen LogP contribution < -0.4 is 5.32 Å². The number of piperidine rings is 1. The molecule has 1 aliphatic rings. The maximum atomic E-state index is 13.6. The monoisotopic (exact) mass is 263 g/mol. The zero-order valence-electron chi connectivity index (χ0n) is 11.9. The van der Waals surface area contributed by atoms with Gasteiger partial charge in [0.2, 0.25) is 0 Å². The quantitative estimate of drug-likeness (QED) is 0.847. The number of hydrogen-bond acceptors (Lipinski definition) is 2. The van der Waals surface area contributed by atoms with Gasteiger partial charge in [0, 0.05) is 11.0 Å². The van der Waals surface area contributed by atoms with Crippen molar-refractivity contribution in [2.45, 2.75) is 33.6 Å². The first kappa shape index (κ1) is 14.2. The van der Waals surface area contributed by atoms with Crippen molar-refractivity contribution in [3.63, 3.8) is 0 Å². The highest BCUT2D eigenvalue weighted by Crippen LogP contribution is 2.35. The van der Waals surface area contributed by atoms with Gasteiger partial charge in [0.05, 0.1) is 0 Å². The van der Waals surface area contributed by atoms with Gasteiger partial charge in [-0.1, -0.05) is 26.0 Å². The Morgan fingerprint density at radius 2 is 2.16 bits per heavy atom. The minimum absolute atomic E-state index is 0.0418. The average Bonchev–Trinajstić information content (AvgIpc) is 2.42. The third-order valence-electron chi connectivity index (χ3n) is 4.34. The summed E-state index contributed by atoms with van der Waals surface area (Å²) in [5.41, 5.74) is 0.613. The summed E-state index contributed by atoms with van der Waals surface area (Å²) in [6.45, 7) is 7.56. The minimum Gasteiger partial charge on any atom is -0.316 e. The van der Waals surface area contributed by atoms with Crippen molar-refractivity contribution in [1.82, 2.24) is 5.32 Å². The molecule has 1 aliphatic heterocycles. The molecule has 0 amide bonds. The lowest BCUT2D eigenvalue weighted by molar-refractivity contribution is 0.0708. The van der Waals surface area contributed by atoms with Crippen LogP contribution in [0.4, 0.5) is 4.39 Å². The summed E-state index contributed by atoms with van der Waals surface area (Å²) in [7, 11) is 0. The maximum Gasteiger partial charge on any atom is 0.168 e. The second-order valence-corrected chi connectivity index (χ2v) is 6.06. The van der Waals surface area contributed by atoms with E-state index in [2.05, 4.69) is 5.32 Å². The molecule has 1 atom stereocenters. The van der Waals surface area contributed by atoms with Crippen LogP contribution in [0.2, 0.25) is 0 Å². The first-order valence-corrected chi connectivity index (χ1v) is 6.94. The molecule has 0 radical (unpaired) electrons. The van der Waals surface area contributed by atoms with Gasteiger partial charge in [0.15, 0.2) is 5.78 Å². The summed E-state index contributed by atoms with van der Waals surface area (Å²) < 4.78 is 13.6. The highest BCUT2D eigenvalue weighted by molar-refractivity contribution is 6.00. The van der Waals surface area contributed by atoms with E-state index in [9.17, 15) is 9.18 Å². The molecular weight excluding hydrogens is 241 g/mol. The zero-order valence-corrected chi connectivity index (χ0v) is 11.9. The Bertz CT molecular complexity index is 476. The standard InChI is InChI=1S/C16H22FNO/c1-11-6-7-12(9-14(11)17)15(19)16(2,3)13-5-4-8-18-10-13/h6-7,9,13,18H,4-5,8,10H2,1-3H3. The highest BCUT2D eigenvalue weighted by atomic mass is 19.1. The summed E-state index contributed by atoms with van der Waals surface area (Å²) >= 11 is 0. The van der Waals surface area contributed by atoms with Crippen molar-refractivity contribution >= 4 is 5.78 Å². The molecule has 0 bridgehead atoms. The Morgan fingerprint density at radius 3 is 2.74 bits per heavy atom. The number of nitrogens with one attached hydrogen (secondary N) is 1. The van der Waals surface area contributed by atoms with Crippen molar-refractivity contribution < 1.29 is 9.18 Å². The second kappa shape index (κ2) is 5.41. The van der Waals surface area contributed by atoms with Crippen molar-refractivity contribution in [2.24, 2.45) is 11.3 Å². The van der Waals surface area contributed by atoms with E-state index in [0.717, 1.165) is 25.9 Å². The van der Waals surface area contributed by atoms with Gasteiger partial charge in [-0.3, -0.25) is 4.79 Å². The number of ketones is 1. The molecule has 0 aromatic heterocycles. The van der Waals surface area contributed by atoms with E-state index >= 15 is 0 Å². The van der Waals surface area contributed by atoms with Crippen LogP contribution in [-0.4, -0.2) is 18.9 Å². The van der Waals surface area contributed by atoms with Crippen LogP contribution in [0, 0.1) is 24.1 Å². The minimum atomic E-state index is -0.449. The van der Waals surface area contributed by atoms with Crippen LogP contribution in [0.5, 0.6) is 0 Å². The van der Waals surface area contributed by atoms with E-state index in [1.807, 2.05) is 13.8 Å². The van der Waals surface area contributed by atoms with Gasteiger partial charge in [0.1, 0.15) is 5.82 Å². The molecule has 1 unspecified atom stereocenters. The van der Waals surface area contributed by atoms with Gasteiger partial charge in [-0.15, -0.1) is 0 Å². The van der Waals surface area contributed by atoms with Crippen LogP contribution in [0.1, 0.15) is 42.6 Å². The van der Waals surface area contributed by atoms with Gasteiger partial charge in [-0.2, -0.15) is 0 Å². The molecule has 2 rings (SSSR count). The van der Waals surface area contributed by atoms with E-state index in [0.29, 0.717) is 17.0 Å². The molecular formula is C16H22FNO. The molecule has 1 aromatic carbocycles. The number of Topliss-reactive ketones (excluding diaryl/α,β-unsaturated/α-hetero) is 1. The molecule has 2 nitrogen and oxygen atoms in total. The molecule has 0 saturated carbocycles. The Labute approximate surface area is 114 Å². The first-order valence-electron chi connectivity index (χ1n) is 6.94. The molecule has 1 aromatic rings. The third kappa shape index (κ3) is 2.86. The van der Waals surface area contributed by atoms with E-state index in [1.165, 1.54) is 6.07 Å². The Kier molecular flexibility index (Phi) is 4.04. The SMILES string of the molecule is Cc1ccc(C(=O)C(C)(C)C2CCCNC2)cc1F. The molecule has 1 heterocycles. The normalized spacial score (nSPS) is 20.3. The van der Waals surface area contributed by atoms with Gasteiger partial charge >= 0.3 is 0 Å². The van der Waals surface area contributed by atoms with Gasteiger partial charge in [-0.25, -0.2) is 4.39 Å². The molecule has 1 fully saturated rings. The summed E-state index contributed by atoms with van der Waals surface area (Å²) in [4.78, 5) is 12.6. The van der Waals surface area contributed by atoms with E-state index in [1.54, 1.807) is 19.1 Å². The number of benzene rings is 1. The lowest BCUT2D eigenvalue weighted by Crippen LogP contribution is -2.42. The number of hydrogen-bond donors (Lipinski definition) is 1. The fourth-order valence-corrected chi connectivity index (χ4v) is 2.76. The van der Waals surface area contributed by atoms with Gasteiger partial charge < -0.3 is 5.32 Å². The number of rotatable bonds is 3. The predicted molar refractivity (Wildman–Crippen MR) is 74.8 cm³/mol. The lowest BCUT2D eigenvalue weighted by atomic mass is 9.70. The van der Waals surface area contributed by atoms with Crippen LogP contribution in [0.15, 0.2) is 18.2 Å². The smallest absolute Gasteiger partial charge is 0.168 e. The Morgan fingerprint density at radius 1 is 1.42 bits per heavy atom. The zero-order chi connectivity index (χ0) is 14.0. The van der Waals surface area contributed by atoms with E-state index < -0.39 is 5.41 Å². The predicted octanol–water partition coefficient (Wildman–Crippen LogP) is 3.34. The van der Waals surface area contributed by atoms with Crippen molar-refractivity contribution in [2.75, 3.05) is 13.1 Å². The molecule has 1 saturated heterocycles. The molecule has 104 valence electrons. The first-order chi connectivity index (χ1) is 8.93. The molecule has 3 heteroatoms. The molecule has 0 spiro atoms. The molecule has 1 N–H and O–H groups in total. The fourth-order valence-electron chi connectivity index (χ4n) is 2.76. The van der Waals surface area contributed by atoms with Crippen LogP contribution >= 0.6 is 0 Å². The van der Waals surface area contributed by atoms with Gasteiger partial charge in [0.25, 0.3) is 0 Å².